The van der Waals surface area contributed by atoms with Crippen LogP contribution in [0.1, 0.15) is 44.9 Å². The smallest absolute Gasteiger partial charge is 0.257 e. The number of hydrogen-bond donors (Lipinski definition) is 2. The molecule has 0 amide bonds. The van der Waals surface area contributed by atoms with Gasteiger partial charge in [0.1, 0.15) is 5.82 Å². The van der Waals surface area contributed by atoms with Crippen molar-refractivity contribution in [1.82, 2.24) is 14.7 Å². The van der Waals surface area contributed by atoms with Crippen LogP contribution in [0.15, 0.2) is 11.2 Å². The van der Waals surface area contributed by atoms with E-state index >= 15 is 0 Å². The van der Waals surface area contributed by atoms with E-state index in [4.69, 9.17) is 0 Å². The summed E-state index contributed by atoms with van der Waals surface area (Å²) in [5, 5.41) is 0.180. The fourth-order valence-corrected chi connectivity index (χ4v) is 3.41. The molecule has 1 aromatic rings. The minimum Gasteiger partial charge on any atom is -0.332 e. The summed E-state index contributed by atoms with van der Waals surface area (Å²) in [5.41, 5.74) is 0. The van der Waals surface area contributed by atoms with Crippen molar-refractivity contribution in [3.63, 3.8) is 0 Å². The molecule has 1 aromatic heterocycles. The fraction of sp³-hybridized carbons (Fsp3) is 0.727. The number of imidazole rings is 1. The fourth-order valence-electron chi connectivity index (χ4n) is 2.16. The summed E-state index contributed by atoms with van der Waals surface area (Å²) < 4.78 is 26.8. The van der Waals surface area contributed by atoms with Gasteiger partial charge in [0.15, 0.2) is 5.03 Å². The minimum atomic E-state index is -3.42. The van der Waals surface area contributed by atoms with Crippen LogP contribution in [-0.2, 0) is 16.4 Å². The molecule has 0 bridgehead atoms. The first kappa shape index (κ1) is 12.6. The highest BCUT2D eigenvalue weighted by molar-refractivity contribution is 7.89. The van der Waals surface area contributed by atoms with Gasteiger partial charge in [0.25, 0.3) is 10.0 Å². The summed E-state index contributed by atoms with van der Waals surface area (Å²) in [7, 11) is -3.42. The Hall–Kier alpha value is -0.880. The maximum absolute atomic E-state index is 12.0. The summed E-state index contributed by atoms with van der Waals surface area (Å²) in [5.74, 6) is 0.703. The third kappa shape index (κ3) is 3.07. The largest absolute Gasteiger partial charge is 0.332 e. The zero-order valence-corrected chi connectivity index (χ0v) is 10.9. The van der Waals surface area contributed by atoms with Gasteiger partial charge >= 0.3 is 0 Å². The molecule has 17 heavy (non-hydrogen) atoms. The summed E-state index contributed by atoms with van der Waals surface area (Å²) >= 11 is 0. The third-order valence-corrected chi connectivity index (χ3v) is 4.59. The first-order valence-corrected chi connectivity index (χ1v) is 7.66. The Kier molecular flexibility index (Phi) is 3.83. The molecule has 2 rings (SSSR count). The molecule has 96 valence electrons. The van der Waals surface area contributed by atoms with E-state index in [-0.39, 0.29) is 11.1 Å². The van der Waals surface area contributed by atoms with E-state index in [1.807, 2.05) is 6.92 Å². The highest BCUT2D eigenvalue weighted by atomic mass is 32.2. The summed E-state index contributed by atoms with van der Waals surface area (Å²) in [6, 6.07) is 0.0853. The Balaban J connectivity index is 2.07. The lowest BCUT2D eigenvalue weighted by atomic mass is 9.96. The van der Waals surface area contributed by atoms with E-state index in [0.29, 0.717) is 12.2 Å². The van der Waals surface area contributed by atoms with Crippen molar-refractivity contribution in [3.05, 3.63) is 12.0 Å². The normalized spacial score (nSPS) is 18.4. The maximum atomic E-state index is 12.0. The molecular weight excluding hydrogens is 238 g/mol. The van der Waals surface area contributed by atoms with Gasteiger partial charge in [-0.1, -0.05) is 26.2 Å². The maximum Gasteiger partial charge on any atom is 0.257 e. The van der Waals surface area contributed by atoms with E-state index in [1.165, 1.54) is 12.6 Å². The van der Waals surface area contributed by atoms with Gasteiger partial charge in [-0.05, 0) is 12.8 Å². The lowest BCUT2D eigenvalue weighted by molar-refractivity contribution is 0.411. The van der Waals surface area contributed by atoms with E-state index in [0.717, 1.165) is 25.7 Å². The van der Waals surface area contributed by atoms with Crippen molar-refractivity contribution >= 4 is 10.0 Å². The second-order valence-electron chi connectivity index (χ2n) is 4.50. The highest BCUT2D eigenvalue weighted by Gasteiger charge is 2.23. The molecule has 0 aliphatic heterocycles. The first-order chi connectivity index (χ1) is 8.12. The average Bonchev–Trinajstić information content (AvgIpc) is 2.79. The molecule has 6 heteroatoms. The quantitative estimate of drug-likeness (QED) is 0.860. The van der Waals surface area contributed by atoms with Gasteiger partial charge in [-0.3, -0.25) is 0 Å². The number of aromatic nitrogens is 2. The molecule has 0 radical (unpaired) electrons. The van der Waals surface area contributed by atoms with Gasteiger partial charge in [-0.2, -0.15) is 0 Å². The molecule has 0 atom stereocenters. The molecule has 0 aromatic carbocycles. The number of H-pyrrole nitrogens is 1. The molecule has 0 spiro atoms. The highest BCUT2D eigenvalue weighted by Crippen LogP contribution is 2.19. The van der Waals surface area contributed by atoms with Crippen molar-refractivity contribution in [1.29, 1.82) is 0 Å². The number of hydrogen-bond acceptors (Lipinski definition) is 3. The van der Waals surface area contributed by atoms with Crippen LogP contribution in [0.5, 0.6) is 0 Å². The second kappa shape index (κ2) is 5.18. The number of aromatic amines is 1. The van der Waals surface area contributed by atoms with E-state index in [1.54, 1.807) is 0 Å². The molecule has 0 saturated heterocycles. The predicted octanol–water partition coefficient (Wildman–Crippen LogP) is 1.58. The lowest BCUT2D eigenvalue weighted by Crippen LogP contribution is -2.36. The number of aryl methyl sites for hydroxylation is 1. The molecule has 1 aliphatic carbocycles. The third-order valence-electron chi connectivity index (χ3n) is 3.16. The van der Waals surface area contributed by atoms with Crippen LogP contribution in [0.4, 0.5) is 0 Å². The number of rotatable bonds is 4. The second-order valence-corrected chi connectivity index (χ2v) is 6.19. The van der Waals surface area contributed by atoms with Crippen LogP contribution >= 0.6 is 0 Å². The van der Waals surface area contributed by atoms with Crippen LogP contribution in [0, 0.1) is 0 Å². The first-order valence-electron chi connectivity index (χ1n) is 6.18. The molecule has 5 nitrogen and oxygen atoms in total. The van der Waals surface area contributed by atoms with Gasteiger partial charge in [0, 0.05) is 12.5 Å². The van der Waals surface area contributed by atoms with Crippen molar-refractivity contribution in [2.24, 2.45) is 0 Å². The number of nitrogens with zero attached hydrogens (tertiary/aromatic N) is 1. The van der Waals surface area contributed by atoms with E-state index in [9.17, 15) is 8.42 Å². The van der Waals surface area contributed by atoms with Crippen LogP contribution in [0.3, 0.4) is 0 Å². The van der Waals surface area contributed by atoms with Crippen molar-refractivity contribution < 1.29 is 8.42 Å². The molecule has 1 fully saturated rings. The molecule has 2 N–H and O–H groups in total. The SMILES string of the molecule is CCc1ncc(S(=O)(=O)NC2CCCCC2)[nH]1. The van der Waals surface area contributed by atoms with Gasteiger partial charge in [0.05, 0.1) is 6.20 Å². The Morgan fingerprint density at radius 1 is 1.41 bits per heavy atom. The minimum absolute atomic E-state index is 0.0853. The van der Waals surface area contributed by atoms with Crippen LogP contribution in [0.2, 0.25) is 0 Å². The summed E-state index contributed by atoms with van der Waals surface area (Å²) in [4.78, 5) is 6.85. The molecule has 1 saturated carbocycles. The predicted molar refractivity (Wildman–Crippen MR) is 65.2 cm³/mol. The summed E-state index contributed by atoms with van der Waals surface area (Å²) in [6.45, 7) is 1.93. The van der Waals surface area contributed by atoms with Gasteiger partial charge < -0.3 is 4.98 Å². The number of nitrogens with one attached hydrogen (secondary N) is 2. The van der Waals surface area contributed by atoms with Gasteiger partial charge in [-0.15, -0.1) is 0 Å². The molecule has 1 heterocycles. The standard InChI is InChI=1S/C11H19N3O2S/c1-2-10-12-8-11(13-10)17(15,16)14-9-6-4-3-5-7-9/h8-9,14H,2-7H2,1H3,(H,12,13). The van der Waals surface area contributed by atoms with Crippen molar-refractivity contribution in [2.45, 2.75) is 56.5 Å². The van der Waals surface area contributed by atoms with Crippen LogP contribution in [0.25, 0.3) is 0 Å². The average molecular weight is 257 g/mol. The van der Waals surface area contributed by atoms with Crippen molar-refractivity contribution in [3.8, 4) is 0 Å². The zero-order chi connectivity index (χ0) is 12.3. The monoisotopic (exact) mass is 257 g/mol. The Morgan fingerprint density at radius 2 is 2.12 bits per heavy atom. The topological polar surface area (TPSA) is 74.8 Å². The summed E-state index contributed by atoms with van der Waals surface area (Å²) in [6.07, 6.45) is 7.40. The molecular formula is C11H19N3O2S. The van der Waals surface area contributed by atoms with E-state index < -0.39 is 10.0 Å². The van der Waals surface area contributed by atoms with Gasteiger partial charge in [-0.25, -0.2) is 18.1 Å². The molecule has 0 unspecified atom stereocenters. The Labute approximate surface area is 102 Å². The van der Waals surface area contributed by atoms with Crippen LogP contribution in [-0.4, -0.2) is 24.4 Å². The Bertz CT molecular complexity index is 461. The Morgan fingerprint density at radius 3 is 2.71 bits per heavy atom. The van der Waals surface area contributed by atoms with E-state index in [2.05, 4.69) is 14.7 Å². The van der Waals surface area contributed by atoms with Crippen molar-refractivity contribution in [2.75, 3.05) is 0 Å². The van der Waals surface area contributed by atoms with Crippen LogP contribution < -0.4 is 4.72 Å². The zero-order valence-electron chi connectivity index (χ0n) is 10.1. The number of sulfonamides is 1. The lowest BCUT2D eigenvalue weighted by Gasteiger charge is -2.22. The molecule has 1 aliphatic rings. The van der Waals surface area contributed by atoms with Gasteiger partial charge in [0.2, 0.25) is 0 Å².